The second-order valence-electron chi connectivity index (χ2n) is 7.42. The first-order valence-corrected chi connectivity index (χ1v) is 11.9. The Kier molecular flexibility index (Phi) is 4.26. The third kappa shape index (κ3) is 3.02. The van der Waals surface area contributed by atoms with Gasteiger partial charge >= 0.3 is 0 Å². The first-order chi connectivity index (χ1) is 14.3. The summed E-state index contributed by atoms with van der Waals surface area (Å²) >= 11 is 3.45. The van der Waals surface area contributed by atoms with Crippen molar-refractivity contribution in [1.29, 1.82) is 0 Å². The summed E-state index contributed by atoms with van der Waals surface area (Å²) in [7, 11) is -1.70. The number of aromatic nitrogens is 3. The summed E-state index contributed by atoms with van der Waals surface area (Å²) in [5.41, 5.74) is 0.684. The van der Waals surface area contributed by atoms with Gasteiger partial charge < -0.3 is 10.1 Å². The molecule has 8 nitrogen and oxygen atoms in total. The fraction of sp³-hybridized carbons (Fsp3) is 0.250. The van der Waals surface area contributed by atoms with Gasteiger partial charge in [-0.2, -0.15) is 10.1 Å². The Morgan fingerprint density at radius 2 is 1.97 bits per heavy atom. The molecule has 1 saturated heterocycles. The van der Waals surface area contributed by atoms with Crippen molar-refractivity contribution in [1.82, 2.24) is 14.8 Å². The van der Waals surface area contributed by atoms with Crippen LogP contribution < -0.4 is 15.6 Å². The number of nitrogens with zero attached hydrogens (tertiary/aromatic N) is 3. The summed E-state index contributed by atoms with van der Waals surface area (Å²) in [6.45, 7) is 0. The Morgan fingerprint density at radius 3 is 2.63 bits per heavy atom. The Balaban J connectivity index is 1.76. The number of hydrogen-bond acceptors (Lipinski definition) is 7. The zero-order valence-corrected chi connectivity index (χ0v) is 18.3. The second-order valence-corrected chi connectivity index (χ2v) is 10.5. The molecule has 1 N–H and O–H groups in total. The van der Waals surface area contributed by atoms with Crippen LogP contribution in [-0.2, 0) is 15.5 Å². The van der Waals surface area contributed by atoms with Gasteiger partial charge in [-0.05, 0) is 42.5 Å². The van der Waals surface area contributed by atoms with Gasteiger partial charge in [0.15, 0.2) is 21.4 Å². The molecule has 3 heterocycles. The average Bonchev–Trinajstić information content (AvgIpc) is 3.03. The lowest BCUT2D eigenvalue weighted by atomic mass is 10.0. The van der Waals surface area contributed by atoms with Crippen LogP contribution in [0.3, 0.4) is 0 Å². The van der Waals surface area contributed by atoms with Gasteiger partial charge in [-0.3, -0.25) is 4.79 Å². The van der Waals surface area contributed by atoms with Crippen molar-refractivity contribution in [2.24, 2.45) is 0 Å². The highest BCUT2D eigenvalue weighted by molar-refractivity contribution is 9.10. The number of halogens is 1. The van der Waals surface area contributed by atoms with Crippen LogP contribution in [0, 0.1) is 0 Å². The van der Waals surface area contributed by atoms with E-state index in [4.69, 9.17) is 4.74 Å². The van der Waals surface area contributed by atoms with Crippen LogP contribution in [0.2, 0.25) is 0 Å². The van der Waals surface area contributed by atoms with E-state index in [2.05, 4.69) is 31.3 Å². The predicted molar refractivity (Wildman–Crippen MR) is 116 cm³/mol. The van der Waals surface area contributed by atoms with Crippen LogP contribution in [0.5, 0.6) is 5.75 Å². The molecule has 0 bridgehead atoms. The first-order valence-electron chi connectivity index (χ1n) is 9.25. The van der Waals surface area contributed by atoms with Crippen LogP contribution in [0.15, 0.2) is 51.7 Å². The normalized spacial score (nSPS) is 21.0. The summed E-state index contributed by atoms with van der Waals surface area (Å²) in [5, 5.41) is 7.99. The minimum absolute atomic E-state index is 0.0387. The summed E-state index contributed by atoms with van der Waals surface area (Å²) in [6, 6.07) is 12.5. The van der Waals surface area contributed by atoms with Crippen LogP contribution in [-0.4, -0.2) is 41.8 Å². The molecule has 3 aromatic rings. The number of rotatable bonds is 2. The number of ether oxygens (including phenoxy) is 1. The molecular formula is C20H17BrN4O4S. The third-order valence-corrected chi connectivity index (χ3v) is 7.69. The van der Waals surface area contributed by atoms with Gasteiger partial charge in [-0.15, -0.1) is 0 Å². The highest BCUT2D eigenvalue weighted by atomic mass is 79.9. The van der Waals surface area contributed by atoms with E-state index < -0.39 is 21.1 Å². The topological polar surface area (TPSA) is 103 Å². The number of methoxy groups -OCH3 is 1. The standard InChI is InChI=1S/C20H17BrN4O4S/c1-29-14-5-2-12(3-6-14)17-19(26)22-18-15-10-13(21)4-7-16(15)23-20(25(18)24-17)8-9-30(27,28)11-20/h2-7,10,23H,8-9,11H2,1H3/t20-/m0/s1. The number of anilines is 1. The second kappa shape index (κ2) is 6.64. The molecule has 10 heteroatoms. The fourth-order valence-electron chi connectivity index (χ4n) is 4.00. The maximum atomic E-state index is 12.9. The molecular weight excluding hydrogens is 472 g/mol. The van der Waals surface area contributed by atoms with E-state index in [0.717, 1.165) is 10.2 Å². The smallest absolute Gasteiger partial charge is 0.300 e. The monoisotopic (exact) mass is 488 g/mol. The number of hydrogen-bond donors (Lipinski definition) is 1. The summed E-state index contributed by atoms with van der Waals surface area (Å²) in [6.07, 6.45) is 0.331. The van der Waals surface area contributed by atoms with E-state index in [1.807, 2.05) is 18.2 Å². The number of sulfone groups is 1. The van der Waals surface area contributed by atoms with Gasteiger partial charge in [0.2, 0.25) is 0 Å². The molecule has 30 heavy (non-hydrogen) atoms. The average molecular weight is 489 g/mol. The van der Waals surface area contributed by atoms with Crippen LogP contribution in [0.1, 0.15) is 6.42 Å². The Labute approximate surface area is 181 Å². The van der Waals surface area contributed by atoms with E-state index in [1.165, 1.54) is 0 Å². The molecule has 2 aromatic carbocycles. The van der Waals surface area contributed by atoms with Crippen molar-refractivity contribution in [3.05, 3.63) is 57.3 Å². The molecule has 1 spiro atoms. The largest absolute Gasteiger partial charge is 0.497 e. The Bertz CT molecular complexity index is 1340. The van der Waals surface area contributed by atoms with E-state index >= 15 is 0 Å². The summed E-state index contributed by atoms with van der Waals surface area (Å²) in [5.74, 6) is 0.923. The molecule has 1 atom stereocenters. The van der Waals surface area contributed by atoms with E-state index in [1.54, 1.807) is 36.1 Å². The zero-order valence-electron chi connectivity index (χ0n) is 15.9. The number of fused-ring (bicyclic) bond motifs is 4. The van der Waals surface area contributed by atoms with E-state index in [-0.39, 0.29) is 17.2 Å². The van der Waals surface area contributed by atoms with Crippen molar-refractivity contribution in [2.45, 2.75) is 12.1 Å². The van der Waals surface area contributed by atoms with Gasteiger partial charge in [-0.25, -0.2) is 13.1 Å². The molecule has 1 aromatic heterocycles. The van der Waals surface area contributed by atoms with Crippen molar-refractivity contribution >= 4 is 31.5 Å². The first kappa shape index (κ1) is 19.3. The van der Waals surface area contributed by atoms with Gasteiger partial charge in [0.1, 0.15) is 11.4 Å². The molecule has 0 aliphatic carbocycles. The molecule has 1 fully saturated rings. The maximum absolute atomic E-state index is 12.9. The maximum Gasteiger partial charge on any atom is 0.300 e. The van der Waals surface area contributed by atoms with Crippen LogP contribution in [0.25, 0.3) is 22.6 Å². The number of benzene rings is 2. The molecule has 0 radical (unpaired) electrons. The zero-order chi connectivity index (χ0) is 21.1. The SMILES string of the molecule is COc1ccc(-c2nn3c(nc2=O)-c2cc(Br)ccc2N[C@@]32CCS(=O)(=O)C2)cc1. The molecule has 0 unspecified atom stereocenters. The molecule has 5 rings (SSSR count). The predicted octanol–water partition coefficient (Wildman–Crippen LogP) is 2.64. The van der Waals surface area contributed by atoms with Gasteiger partial charge in [0.05, 0.1) is 18.6 Å². The fourth-order valence-corrected chi connectivity index (χ4v) is 6.22. The number of nitrogens with one attached hydrogen (secondary N) is 1. The molecule has 2 aliphatic rings. The third-order valence-electron chi connectivity index (χ3n) is 5.45. The van der Waals surface area contributed by atoms with Crippen LogP contribution in [0.4, 0.5) is 5.69 Å². The molecule has 2 aliphatic heterocycles. The minimum Gasteiger partial charge on any atom is -0.497 e. The van der Waals surface area contributed by atoms with Gasteiger partial charge in [0.25, 0.3) is 5.56 Å². The Morgan fingerprint density at radius 1 is 1.20 bits per heavy atom. The molecule has 0 saturated carbocycles. The lowest BCUT2D eigenvalue weighted by molar-refractivity contribution is 0.332. The van der Waals surface area contributed by atoms with Crippen molar-refractivity contribution < 1.29 is 13.2 Å². The quantitative estimate of drug-likeness (QED) is 0.591. The lowest BCUT2D eigenvalue weighted by Crippen LogP contribution is -2.48. The summed E-state index contributed by atoms with van der Waals surface area (Å²) < 4.78 is 32.3. The van der Waals surface area contributed by atoms with Crippen molar-refractivity contribution in [2.75, 3.05) is 23.9 Å². The highest BCUT2D eigenvalue weighted by Gasteiger charge is 2.48. The molecule has 0 amide bonds. The van der Waals surface area contributed by atoms with E-state index in [9.17, 15) is 13.2 Å². The van der Waals surface area contributed by atoms with E-state index in [0.29, 0.717) is 29.1 Å². The van der Waals surface area contributed by atoms with Gasteiger partial charge in [0, 0.05) is 27.7 Å². The van der Waals surface area contributed by atoms with Crippen LogP contribution >= 0.6 is 15.9 Å². The minimum atomic E-state index is -3.26. The van der Waals surface area contributed by atoms with Crippen molar-refractivity contribution in [3.63, 3.8) is 0 Å². The van der Waals surface area contributed by atoms with Crippen molar-refractivity contribution in [3.8, 4) is 28.4 Å². The van der Waals surface area contributed by atoms with Gasteiger partial charge in [-0.1, -0.05) is 15.9 Å². The molecule has 154 valence electrons. The lowest BCUT2D eigenvalue weighted by Gasteiger charge is -2.38. The summed E-state index contributed by atoms with van der Waals surface area (Å²) in [4.78, 5) is 17.2. The highest BCUT2D eigenvalue weighted by Crippen LogP contribution is 2.42. The Hall–Kier alpha value is -2.72.